The fourth-order valence-corrected chi connectivity index (χ4v) is 3.40. The predicted octanol–water partition coefficient (Wildman–Crippen LogP) is 1.83. The quantitative estimate of drug-likeness (QED) is 0.920. The smallest absolute Gasteiger partial charge is 0.254 e. The topological polar surface area (TPSA) is 80.3 Å². The van der Waals surface area contributed by atoms with E-state index < -0.39 is 0 Å². The average molecular weight is 342 g/mol. The fraction of sp³-hybridized carbons (Fsp3) is 0.500. The maximum absolute atomic E-state index is 12.9. The number of morpholine rings is 1. The Morgan fingerprint density at radius 1 is 1.36 bits per heavy atom. The van der Waals surface area contributed by atoms with Crippen LogP contribution in [0.15, 0.2) is 24.3 Å². The summed E-state index contributed by atoms with van der Waals surface area (Å²) in [6.07, 6.45) is 0.732. The SMILES string of the molecule is Cc1nc(C2CN(C(=O)c3cccc(C4CCOC4)c3)CCO2)n[nH]1. The van der Waals surface area contributed by atoms with E-state index in [1.807, 2.05) is 30.0 Å². The summed E-state index contributed by atoms with van der Waals surface area (Å²) in [5, 5.41) is 6.98. The first-order chi connectivity index (χ1) is 12.2. The third-order valence-electron chi connectivity index (χ3n) is 4.79. The molecule has 2 aromatic rings. The Hall–Kier alpha value is -2.25. The third kappa shape index (κ3) is 3.43. The Kier molecular flexibility index (Phi) is 4.50. The van der Waals surface area contributed by atoms with Gasteiger partial charge in [-0.05, 0) is 31.0 Å². The number of nitrogens with zero attached hydrogens (tertiary/aromatic N) is 3. The van der Waals surface area contributed by atoms with Crippen molar-refractivity contribution in [1.29, 1.82) is 0 Å². The number of hydrogen-bond donors (Lipinski definition) is 1. The van der Waals surface area contributed by atoms with Gasteiger partial charge in [-0.25, -0.2) is 4.98 Å². The van der Waals surface area contributed by atoms with Crippen LogP contribution in [0.1, 0.15) is 46.0 Å². The summed E-state index contributed by atoms with van der Waals surface area (Å²) in [6, 6.07) is 7.91. The van der Waals surface area contributed by atoms with Crippen LogP contribution in [0.25, 0.3) is 0 Å². The van der Waals surface area contributed by atoms with Crippen LogP contribution >= 0.6 is 0 Å². The van der Waals surface area contributed by atoms with Crippen LogP contribution in [0.5, 0.6) is 0 Å². The number of hydrogen-bond acceptors (Lipinski definition) is 5. The van der Waals surface area contributed by atoms with E-state index in [0.717, 1.165) is 31.0 Å². The van der Waals surface area contributed by atoms with Gasteiger partial charge in [-0.15, -0.1) is 0 Å². The van der Waals surface area contributed by atoms with Gasteiger partial charge in [0.05, 0.1) is 19.8 Å². The minimum absolute atomic E-state index is 0.0290. The van der Waals surface area contributed by atoms with Crippen LogP contribution in [-0.2, 0) is 9.47 Å². The molecule has 2 atom stereocenters. The molecule has 0 radical (unpaired) electrons. The summed E-state index contributed by atoms with van der Waals surface area (Å²) in [5.41, 5.74) is 1.90. The van der Waals surface area contributed by atoms with E-state index in [1.54, 1.807) is 0 Å². The van der Waals surface area contributed by atoms with Gasteiger partial charge in [-0.1, -0.05) is 12.1 Å². The van der Waals surface area contributed by atoms with Crippen molar-refractivity contribution in [1.82, 2.24) is 20.1 Å². The van der Waals surface area contributed by atoms with Gasteiger partial charge in [0.25, 0.3) is 5.91 Å². The number of aromatic amines is 1. The van der Waals surface area contributed by atoms with Crippen LogP contribution < -0.4 is 0 Å². The molecule has 7 heteroatoms. The summed E-state index contributed by atoms with van der Waals surface area (Å²) in [5.74, 6) is 1.77. The number of H-pyrrole nitrogens is 1. The summed E-state index contributed by atoms with van der Waals surface area (Å²) in [4.78, 5) is 19.1. The van der Waals surface area contributed by atoms with E-state index in [4.69, 9.17) is 9.47 Å². The monoisotopic (exact) mass is 342 g/mol. The molecule has 2 fully saturated rings. The van der Waals surface area contributed by atoms with Crippen molar-refractivity contribution in [2.75, 3.05) is 32.9 Å². The number of ether oxygens (including phenoxy) is 2. The second-order valence-corrected chi connectivity index (χ2v) is 6.58. The Labute approximate surface area is 146 Å². The summed E-state index contributed by atoms with van der Waals surface area (Å²) in [6.45, 7) is 4.91. The first kappa shape index (κ1) is 16.2. The molecule has 1 aromatic carbocycles. The molecule has 7 nitrogen and oxygen atoms in total. The molecular formula is C18H22N4O3. The van der Waals surface area contributed by atoms with Gasteiger partial charge in [0.15, 0.2) is 5.82 Å². The van der Waals surface area contributed by atoms with Crippen molar-refractivity contribution in [3.63, 3.8) is 0 Å². The fourth-order valence-electron chi connectivity index (χ4n) is 3.40. The van der Waals surface area contributed by atoms with Crippen LogP contribution in [0.3, 0.4) is 0 Å². The van der Waals surface area contributed by atoms with Crippen molar-refractivity contribution >= 4 is 5.91 Å². The van der Waals surface area contributed by atoms with Gasteiger partial charge < -0.3 is 14.4 Å². The van der Waals surface area contributed by atoms with E-state index >= 15 is 0 Å². The Morgan fingerprint density at radius 3 is 3.04 bits per heavy atom. The number of carbonyl (C=O) groups excluding carboxylic acids is 1. The van der Waals surface area contributed by atoms with E-state index in [0.29, 0.717) is 31.4 Å². The van der Waals surface area contributed by atoms with E-state index in [9.17, 15) is 4.79 Å². The van der Waals surface area contributed by atoms with Crippen LogP contribution in [0.2, 0.25) is 0 Å². The molecular weight excluding hydrogens is 320 g/mol. The van der Waals surface area contributed by atoms with Gasteiger partial charge in [-0.3, -0.25) is 9.89 Å². The van der Waals surface area contributed by atoms with Gasteiger partial charge in [-0.2, -0.15) is 5.10 Å². The average Bonchev–Trinajstić information content (AvgIpc) is 3.33. The molecule has 132 valence electrons. The Morgan fingerprint density at radius 2 is 2.28 bits per heavy atom. The van der Waals surface area contributed by atoms with Crippen molar-refractivity contribution in [3.8, 4) is 0 Å². The van der Waals surface area contributed by atoms with Crippen molar-refractivity contribution in [2.24, 2.45) is 0 Å². The van der Waals surface area contributed by atoms with Crippen molar-refractivity contribution in [3.05, 3.63) is 47.0 Å². The molecule has 2 aliphatic heterocycles. The van der Waals surface area contributed by atoms with Crippen LogP contribution in [0.4, 0.5) is 0 Å². The number of benzene rings is 1. The summed E-state index contributed by atoms with van der Waals surface area (Å²) < 4.78 is 11.2. The van der Waals surface area contributed by atoms with Gasteiger partial charge in [0.1, 0.15) is 11.9 Å². The lowest BCUT2D eigenvalue weighted by molar-refractivity contribution is -0.0266. The number of aromatic nitrogens is 3. The minimum atomic E-state index is -0.283. The van der Waals surface area contributed by atoms with E-state index in [-0.39, 0.29) is 12.0 Å². The van der Waals surface area contributed by atoms with Crippen molar-refractivity contribution in [2.45, 2.75) is 25.4 Å². The summed E-state index contributed by atoms with van der Waals surface area (Å²) >= 11 is 0. The molecule has 1 aromatic heterocycles. The molecule has 2 saturated heterocycles. The molecule has 0 spiro atoms. The largest absolute Gasteiger partial charge is 0.381 e. The van der Waals surface area contributed by atoms with Gasteiger partial charge >= 0.3 is 0 Å². The zero-order valence-corrected chi connectivity index (χ0v) is 14.3. The first-order valence-corrected chi connectivity index (χ1v) is 8.68. The van der Waals surface area contributed by atoms with E-state index in [2.05, 4.69) is 21.2 Å². The number of carbonyl (C=O) groups is 1. The van der Waals surface area contributed by atoms with Crippen LogP contribution in [0, 0.1) is 6.92 Å². The molecule has 2 unspecified atom stereocenters. The molecule has 3 heterocycles. The highest BCUT2D eigenvalue weighted by Crippen LogP contribution is 2.27. The molecule has 2 aliphatic rings. The number of rotatable bonds is 3. The minimum Gasteiger partial charge on any atom is -0.381 e. The van der Waals surface area contributed by atoms with Gasteiger partial charge in [0, 0.05) is 24.6 Å². The second-order valence-electron chi connectivity index (χ2n) is 6.58. The zero-order valence-electron chi connectivity index (χ0n) is 14.3. The number of aryl methyl sites for hydroxylation is 1. The lowest BCUT2D eigenvalue weighted by Gasteiger charge is -2.31. The second kappa shape index (κ2) is 6.93. The molecule has 25 heavy (non-hydrogen) atoms. The highest BCUT2D eigenvalue weighted by molar-refractivity contribution is 5.94. The predicted molar refractivity (Wildman–Crippen MR) is 90.3 cm³/mol. The lowest BCUT2D eigenvalue weighted by Crippen LogP contribution is -2.42. The third-order valence-corrected chi connectivity index (χ3v) is 4.79. The highest BCUT2D eigenvalue weighted by Gasteiger charge is 2.29. The normalized spacial score (nSPS) is 23.8. The van der Waals surface area contributed by atoms with E-state index in [1.165, 1.54) is 5.56 Å². The standard InChI is InChI=1S/C18H22N4O3/c1-12-19-17(21-20-12)16-10-22(6-8-25-16)18(23)14-4-2-3-13(9-14)15-5-7-24-11-15/h2-4,9,15-16H,5-8,10-11H2,1H3,(H,19,20,21). The maximum atomic E-state index is 12.9. The number of amides is 1. The molecule has 0 bridgehead atoms. The van der Waals surface area contributed by atoms with Crippen molar-refractivity contribution < 1.29 is 14.3 Å². The molecule has 4 rings (SSSR count). The molecule has 1 N–H and O–H groups in total. The zero-order chi connectivity index (χ0) is 17.2. The first-order valence-electron chi connectivity index (χ1n) is 8.68. The molecule has 1 amide bonds. The Balaban J connectivity index is 1.49. The van der Waals surface area contributed by atoms with Gasteiger partial charge in [0.2, 0.25) is 0 Å². The molecule has 0 saturated carbocycles. The number of nitrogens with one attached hydrogen (secondary N) is 1. The molecule has 0 aliphatic carbocycles. The highest BCUT2D eigenvalue weighted by atomic mass is 16.5. The lowest BCUT2D eigenvalue weighted by atomic mass is 9.96. The van der Waals surface area contributed by atoms with Crippen LogP contribution in [-0.4, -0.2) is 58.9 Å². The maximum Gasteiger partial charge on any atom is 0.254 e. The Bertz CT molecular complexity index is 754. The summed E-state index contributed by atoms with van der Waals surface area (Å²) in [7, 11) is 0.